The van der Waals surface area contributed by atoms with Crippen molar-refractivity contribution in [3.63, 3.8) is 0 Å². The first-order chi connectivity index (χ1) is 15.4. The van der Waals surface area contributed by atoms with E-state index in [2.05, 4.69) is 15.3 Å². The van der Waals surface area contributed by atoms with E-state index < -0.39 is 0 Å². The minimum absolute atomic E-state index is 0.000958. The molecule has 1 amide bonds. The Labute approximate surface area is 192 Å². The van der Waals surface area contributed by atoms with Gasteiger partial charge in [-0.05, 0) is 49.2 Å². The third kappa shape index (κ3) is 4.49. The van der Waals surface area contributed by atoms with Gasteiger partial charge in [-0.1, -0.05) is 30.0 Å². The van der Waals surface area contributed by atoms with E-state index in [4.69, 9.17) is 4.74 Å². The van der Waals surface area contributed by atoms with Gasteiger partial charge in [0.1, 0.15) is 16.3 Å². The zero-order valence-electron chi connectivity index (χ0n) is 17.7. The van der Waals surface area contributed by atoms with Crippen LogP contribution in [0.3, 0.4) is 0 Å². The van der Waals surface area contributed by atoms with Crippen molar-refractivity contribution in [2.45, 2.75) is 19.0 Å². The molecule has 7 nitrogen and oxygen atoms in total. The molecule has 4 rings (SSSR count). The molecule has 32 heavy (non-hydrogen) atoms. The fourth-order valence-corrected chi connectivity index (χ4v) is 5.13. The number of amides is 1. The number of nitrogens with zero attached hydrogens (tertiary/aromatic N) is 1. The van der Waals surface area contributed by atoms with E-state index in [1.54, 1.807) is 19.2 Å². The molecule has 164 valence electrons. The van der Waals surface area contributed by atoms with Crippen LogP contribution in [0.15, 0.2) is 52.4 Å². The van der Waals surface area contributed by atoms with Gasteiger partial charge in [0.2, 0.25) is 5.91 Å². The number of phenols is 1. The average molecular weight is 468 g/mol. The third-order valence-corrected chi connectivity index (χ3v) is 6.71. The van der Waals surface area contributed by atoms with Crippen LogP contribution < -0.4 is 15.6 Å². The number of nitrogens with one attached hydrogen (secondary N) is 2. The van der Waals surface area contributed by atoms with E-state index in [0.29, 0.717) is 26.8 Å². The summed E-state index contributed by atoms with van der Waals surface area (Å²) in [6.07, 6.45) is 0. The summed E-state index contributed by atoms with van der Waals surface area (Å²) in [7, 11) is 1.60. The molecule has 0 unspecified atom stereocenters. The van der Waals surface area contributed by atoms with E-state index >= 15 is 0 Å². The van der Waals surface area contributed by atoms with Gasteiger partial charge < -0.3 is 20.1 Å². The van der Waals surface area contributed by atoms with Crippen LogP contribution in [0.1, 0.15) is 10.4 Å². The fourth-order valence-electron chi connectivity index (χ4n) is 3.36. The third-order valence-electron chi connectivity index (χ3n) is 4.84. The number of rotatable bonds is 6. The molecule has 0 saturated carbocycles. The Kier molecular flexibility index (Phi) is 6.20. The molecule has 4 aromatic rings. The molecule has 0 fully saturated rings. The first kappa shape index (κ1) is 21.9. The quantitative estimate of drug-likeness (QED) is 0.215. The molecule has 0 saturated heterocycles. The van der Waals surface area contributed by atoms with Crippen molar-refractivity contribution in [2.75, 3.05) is 18.2 Å². The van der Waals surface area contributed by atoms with Crippen molar-refractivity contribution in [1.82, 2.24) is 9.97 Å². The number of carbonyl (C=O) groups is 1. The van der Waals surface area contributed by atoms with Crippen molar-refractivity contribution >= 4 is 44.9 Å². The van der Waals surface area contributed by atoms with Crippen LogP contribution in [0.5, 0.6) is 11.5 Å². The van der Waals surface area contributed by atoms with E-state index in [1.165, 1.54) is 17.4 Å². The van der Waals surface area contributed by atoms with Gasteiger partial charge in [0, 0.05) is 10.4 Å². The number of fused-ring (bicyclic) bond motifs is 1. The Morgan fingerprint density at radius 2 is 2.06 bits per heavy atom. The summed E-state index contributed by atoms with van der Waals surface area (Å²) >= 11 is 2.57. The summed E-state index contributed by atoms with van der Waals surface area (Å²) < 4.78 is 5.31. The molecule has 0 aliphatic heterocycles. The maximum atomic E-state index is 12.9. The number of thioether (sulfide) groups is 1. The van der Waals surface area contributed by atoms with Gasteiger partial charge in [0.15, 0.2) is 5.16 Å². The number of thiophene rings is 1. The van der Waals surface area contributed by atoms with Crippen LogP contribution >= 0.6 is 23.1 Å². The van der Waals surface area contributed by atoms with Crippen molar-refractivity contribution in [3.8, 4) is 22.6 Å². The predicted molar refractivity (Wildman–Crippen MR) is 129 cm³/mol. The van der Waals surface area contributed by atoms with E-state index in [1.807, 2.05) is 38.1 Å². The summed E-state index contributed by atoms with van der Waals surface area (Å²) in [5.74, 6) is 0.442. The SMILES string of the molecule is COc1cccc(-c2c(C)sc3nc(SCC(=O)Nc4cc(C)ccc4O)[nH]c(=O)c23)c1. The number of aromatic nitrogens is 2. The zero-order chi connectivity index (χ0) is 22.8. The summed E-state index contributed by atoms with van der Waals surface area (Å²) in [6.45, 7) is 3.83. The Hall–Kier alpha value is -3.30. The number of aryl methyl sites for hydroxylation is 2. The summed E-state index contributed by atoms with van der Waals surface area (Å²) in [4.78, 5) is 34.2. The molecule has 0 spiro atoms. The molecule has 3 N–H and O–H groups in total. The van der Waals surface area contributed by atoms with Crippen LogP contribution in [-0.4, -0.2) is 33.8 Å². The lowest BCUT2D eigenvalue weighted by molar-refractivity contribution is -0.113. The molecule has 0 aliphatic rings. The van der Waals surface area contributed by atoms with Crippen molar-refractivity contribution < 1.29 is 14.6 Å². The highest BCUT2D eigenvalue weighted by Gasteiger charge is 2.18. The fraction of sp³-hybridized carbons (Fsp3) is 0.174. The minimum Gasteiger partial charge on any atom is -0.506 e. The van der Waals surface area contributed by atoms with Gasteiger partial charge >= 0.3 is 0 Å². The monoisotopic (exact) mass is 467 g/mol. The number of H-pyrrole nitrogens is 1. The lowest BCUT2D eigenvalue weighted by Gasteiger charge is -2.08. The van der Waals surface area contributed by atoms with Gasteiger partial charge in [-0.3, -0.25) is 9.59 Å². The molecular formula is C23H21N3O4S2. The summed E-state index contributed by atoms with van der Waals surface area (Å²) in [5.41, 5.74) is 2.74. The number of phenolic OH excluding ortho intramolecular Hbond substituents is 1. The highest BCUT2D eigenvalue weighted by atomic mass is 32.2. The van der Waals surface area contributed by atoms with Crippen LogP contribution in [0.2, 0.25) is 0 Å². The maximum absolute atomic E-state index is 12.9. The molecular weight excluding hydrogens is 446 g/mol. The molecule has 0 bridgehead atoms. The highest BCUT2D eigenvalue weighted by Crippen LogP contribution is 2.37. The average Bonchev–Trinajstić information content (AvgIpc) is 3.11. The standard InChI is InChI=1S/C23H21N3O4S2/c1-12-7-8-17(27)16(9-12)24-18(28)11-31-23-25-21(29)20-19(13(2)32-22(20)26-23)14-5-4-6-15(10-14)30-3/h4-10,27H,11H2,1-3H3,(H,24,28)(H,25,26,29). The molecule has 2 aromatic carbocycles. The number of aromatic hydroxyl groups is 1. The number of ether oxygens (including phenoxy) is 1. The largest absolute Gasteiger partial charge is 0.506 e. The molecule has 0 radical (unpaired) electrons. The van der Waals surface area contributed by atoms with E-state index in [9.17, 15) is 14.7 Å². The highest BCUT2D eigenvalue weighted by molar-refractivity contribution is 7.99. The number of anilines is 1. The number of hydrogen-bond acceptors (Lipinski definition) is 7. The van der Waals surface area contributed by atoms with E-state index in [0.717, 1.165) is 33.3 Å². The Morgan fingerprint density at radius 3 is 2.84 bits per heavy atom. The second kappa shape index (κ2) is 9.05. The Morgan fingerprint density at radius 1 is 1.25 bits per heavy atom. The molecule has 0 atom stereocenters. The molecule has 2 aromatic heterocycles. The lowest BCUT2D eigenvalue weighted by atomic mass is 10.0. The topological polar surface area (TPSA) is 104 Å². The number of hydrogen-bond donors (Lipinski definition) is 3. The van der Waals surface area contributed by atoms with Crippen LogP contribution in [0.4, 0.5) is 5.69 Å². The van der Waals surface area contributed by atoms with Crippen molar-refractivity contribution in [3.05, 3.63) is 63.3 Å². The van der Waals surface area contributed by atoms with Gasteiger partial charge in [-0.15, -0.1) is 11.3 Å². The van der Waals surface area contributed by atoms with Crippen molar-refractivity contribution in [2.24, 2.45) is 0 Å². The van der Waals surface area contributed by atoms with Crippen LogP contribution in [0, 0.1) is 13.8 Å². The Bertz CT molecular complexity index is 1380. The predicted octanol–water partition coefficient (Wildman–Crippen LogP) is 4.71. The second-order valence-corrected chi connectivity index (χ2v) is 9.34. The zero-order valence-corrected chi connectivity index (χ0v) is 19.3. The van der Waals surface area contributed by atoms with Gasteiger partial charge in [0.25, 0.3) is 5.56 Å². The number of methoxy groups -OCH3 is 1. The van der Waals surface area contributed by atoms with Gasteiger partial charge in [-0.25, -0.2) is 4.98 Å². The number of aromatic amines is 1. The normalized spacial score (nSPS) is 11.0. The molecule has 0 aliphatic carbocycles. The van der Waals surface area contributed by atoms with Gasteiger partial charge in [0.05, 0.1) is 23.9 Å². The van der Waals surface area contributed by atoms with Gasteiger partial charge in [-0.2, -0.15) is 0 Å². The lowest BCUT2D eigenvalue weighted by Crippen LogP contribution is -2.15. The molecule has 9 heteroatoms. The first-order valence-corrected chi connectivity index (χ1v) is 11.6. The van der Waals surface area contributed by atoms with Crippen LogP contribution in [0.25, 0.3) is 21.3 Å². The smallest absolute Gasteiger partial charge is 0.260 e. The molecule has 2 heterocycles. The minimum atomic E-state index is -0.307. The van der Waals surface area contributed by atoms with Crippen molar-refractivity contribution in [1.29, 1.82) is 0 Å². The number of benzene rings is 2. The number of carbonyl (C=O) groups excluding carboxylic acids is 1. The first-order valence-electron chi connectivity index (χ1n) is 9.76. The maximum Gasteiger partial charge on any atom is 0.260 e. The van der Waals surface area contributed by atoms with E-state index in [-0.39, 0.29) is 23.0 Å². The summed E-state index contributed by atoms with van der Waals surface area (Å²) in [5, 5.41) is 13.5. The summed E-state index contributed by atoms with van der Waals surface area (Å²) in [6, 6.07) is 12.5. The Balaban J connectivity index is 1.57. The van der Waals surface area contributed by atoms with Crippen LogP contribution in [-0.2, 0) is 4.79 Å². The second-order valence-electron chi connectivity index (χ2n) is 7.17.